The molecule has 0 radical (unpaired) electrons. The summed E-state index contributed by atoms with van der Waals surface area (Å²) < 4.78 is 7.42. The lowest BCUT2D eigenvalue weighted by Gasteiger charge is -2.17. The van der Waals surface area contributed by atoms with Gasteiger partial charge in [0.15, 0.2) is 0 Å². The molecule has 0 spiro atoms. The topological polar surface area (TPSA) is 39.1 Å². The number of nitrogens with zero attached hydrogens (tertiary/aromatic N) is 2. The molecule has 1 aromatic rings. The molecule has 1 unspecified atom stereocenters. The Balaban J connectivity index is 2.56. The molecule has 1 heterocycles. The predicted octanol–water partition coefficient (Wildman–Crippen LogP) is 1.29. The number of rotatable bonds is 7. The third-order valence-corrected chi connectivity index (χ3v) is 2.57. The quantitative estimate of drug-likeness (QED) is 0.760. The van der Waals surface area contributed by atoms with E-state index in [1.807, 2.05) is 25.6 Å². The fourth-order valence-electron chi connectivity index (χ4n) is 1.85. The van der Waals surface area contributed by atoms with Crippen molar-refractivity contribution < 1.29 is 4.74 Å². The van der Waals surface area contributed by atoms with Crippen LogP contribution in [0.3, 0.4) is 0 Å². The Kier molecular flexibility index (Phi) is 5.49. The molecule has 0 amide bonds. The highest BCUT2D eigenvalue weighted by molar-refractivity contribution is 5.10. The van der Waals surface area contributed by atoms with Crippen LogP contribution in [0.2, 0.25) is 0 Å². The maximum Gasteiger partial charge on any atom is 0.0623 e. The van der Waals surface area contributed by atoms with Gasteiger partial charge in [0.05, 0.1) is 12.3 Å². The molecule has 0 saturated heterocycles. The van der Waals surface area contributed by atoms with Crippen molar-refractivity contribution in [2.45, 2.75) is 33.2 Å². The molecule has 1 N–H and O–H groups in total. The Morgan fingerprint density at radius 2 is 2.25 bits per heavy atom. The molecule has 1 rings (SSSR count). The summed E-state index contributed by atoms with van der Waals surface area (Å²) in [5.74, 6) is 0. The molecule has 1 atom stereocenters. The monoisotopic (exact) mass is 225 g/mol. The summed E-state index contributed by atoms with van der Waals surface area (Å²) in [6, 6.07) is 2.51. The van der Waals surface area contributed by atoms with E-state index in [0.717, 1.165) is 31.9 Å². The predicted molar refractivity (Wildman–Crippen MR) is 65.6 cm³/mol. The number of ether oxygens (including phenoxy) is 1. The molecular formula is C12H23N3O. The average Bonchev–Trinajstić information content (AvgIpc) is 2.54. The first-order valence-electron chi connectivity index (χ1n) is 5.98. The summed E-state index contributed by atoms with van der Waals surface area (Å²) in [5, 5.41) is 7.79. The third kappa shape index (κ3) is 3.94. The van der Waals surface area contributed by atoms with Gasteiger partial charge in [-0.1, -0.05) is 6.92 Å². The van der Waals surface area contributed by atoms with E-state index in [-0.39, 0.29) is 0 Å². The normalized spacial score (nSPS) is 13.0. The van der Waals surface area contributed by atoms with Crippen LogP contribution in [-0.2, 0) is 18.2 Å². The lowest BCUT2D eigenvalue weighted by Crippen LogP contribution is -2.35. The first-order valence-corrected chi connectivity index (χ1v) is 5.98. The fraction of sp³-hybridized carbons (Fsp3) is 0.750. The summed E-state index contributed by atoms with van der Waals surface area (Å²) in [6.07, 6.45) is 0.963. The first kappa shape index (κ1) is 13.2. The van der Waals surface area contributed by atoms with E-state index in [0.29, 0.717) is 6.04 Å². The van der Waals surface area contributed by atoms with Crippen molar-refractivity contribution in [1.29, 1.82) is 0 Å². The number of hydrogen-bond acceptors (Lipinski definition) is 3. The zero-order valence-corrected chi connectivity index (χ0v) is 10.8. The van der Waals surface area contributed by atoms with E-state index < -0.39 is 0 Å². The van der Waals surface area contributed by atoms with E-state index in [1.54, 1.807) is 0 Å². The van der Waals surface area contributed by atoms with Crippen LogP contribution in [-0.4, -0.2) is 35.6 Å². The average molecular weight is 225 g/mol. The van der Waals surface area contributed by atoms with Gasteiger partial charge in [-0.15, -0.1) is 0 Å². The molecule has 92 valence electrons. The largest absolute Gasteiger partial charge is 0.380 e. The summed E-state index contributed by atoms with van der Waals surface area (Å²) in [6.45, 7) is 8.66. The van der Waals surface area contributed by atoms with Gasteiger partial charge in [0.2, 0.25) is 0 Å². The van der Waals surface area contributed by atoms with E-state index in [1.165, 1.54) is 5.69 Å². The van der Waals surface area contributed by atoms with Gasteiger partial charge in [0.1, 0.15) is 0 Å². The van der Waals surface area contributed by atoms with Gasteiger partial charge >= 0.3 is 0 Å². The maximum absolute atomic E-state index is 5.47. The van der Waals surface area contributed by atoms with Crippen LogP contribution in [0.1, 0.15) is 25.2 Å². The van der Waals surface area contributed by atoms with Crippen LogP contribution in [0.15, 0.2) is 6.07 Å². The van der Waals surface area contributed by atoms with Crippen LogP contribution >= 0.6 is 0 Å². The van der Waals surface area contributed by atoms with Crippen molar-refractivity contribution in [2.75, 3.05) is 19.8 Å². The highest BCUT2D eigenvalue weighted by Crippen LogP contribution is 2.05. The van der Waals surface area contributed by atoms with Crippen molar-refractivity contribution in [3.05, 3.63) is 17.5 Å². The summed E-state index contributed by atoms with van der Waals surface area (Å²) in [5.41, 5.74) is 2.33. The smallest absolute Gasteiger partial charge is 0.0623 e. The van der Waals surface area contributed by atoms with Gasteiger partial charge in [-0.05, 0) is 26.5 Å². The Bertz CT molecular complexity index is 309. The summed E-state index contributed by atoms with van der Waals surface area (Å²) in [4.78, 5) is 0. The van der Waals surface area contributed by atoms with Gasteiger partial charge in [-0.3, -0.25) is 4.68 Å². The fourth-order valence-corrected chi connectivity index (χ4v) is 1.85. The van der Waals surface area contributed by atoms with E-state index in [4.69, 9.17) is 4.74 Å². The molecule has 0 bridgehead atoms. The molecule has 4 nitrogen and oxygen atoms in total. The van der Waals surface area contributed by atoms with Crippen molar-refractivity contribution in [1.82, 2.24) is 15.1 Å². The molecule has 0 aliphatic rings. The number of aryl methyl sites for hydroxylation is 2. The molecule has 0 aliphatic carbocycles. The molecule has 0 saturated carbocycles. The first-order chi connectivity index (χ1) is 7.67. The highest BCUT2D eigenvalue weighted by atomic mass is 16.5. The standard InChI is InChI=1S/C12H23N3O/c1-5-13-11(9-16-6-2)8-12-7-10(3)14-15(12)4/h7,11,13H,5-6,8-9H2,1-4H3. The van der Waals surface area contributed by atoms with E-state index >= 15 is 0 Å². The van der Waals surface area contributed by atoms with Crippen molar-refractivity contribution in [3.8, 4) is 0 Å². The van der Waals surface area contributed by atoms with Crippen LogP contribution in [0.4, 0.5) is 0 Å². The Hall–Kier alpha value is -0.870. The Labute approximate surface area is 98.0 Å². The zero-order valence-electron chi connectivity index (χ0n) is 10.8. The van der Waals surface area contributed by atoms with Crippen LogP contribution < -0.4 is 5.32 Å². The number of likely N-dealkylation sites (N-methyl/N-ethyl adjacent to an activating group) is 1. The number of nitrogens with one attached hydrogen (secondary N) is 1. The summed E-state index contributed by atoms with van der Waals surface area (Å²) in [7, 11) is 1.99. The Morgan fingerprint density at radius 3 is 2.75 bits per heavy atom. The molecule has 16 heavy (non-hydrogen) atoms. The van der Waals surface area contributed by atoms with Crippen LogP contribution in [0, 0.1) is 6.92 Å². The van der Waals surface area contributed by atoms with E-state index in [2.05, 4.69) is 23.4 Å². The molecule has 4 heteroatoms. The third-order valence-electron chi connectivity index (χ3n) is 2.57. The minimum Gasteiger partial charge on any atom is -0.380 e. The van der Waals surface area contributed by atoms with Gasteiger partial charge in [0, 0.05) is 31.8 Å². The minimum absolute atomic E-state index is 0.375. The van der Waals surface area contributed by atoms with Crippen molar-refractivity contribution in [2.24, 2.45) is 7.05 Å². The number of hydrogen-bond donors (Lipinski definition) is 1. The van der Waals surface area contributed by atoms with Gasteiger partial charge in [-0.25, -0.2) is 0 Å². The van der Waals surface area contributed by atoms with Crippen LogP contribution in [0.25, 0.3) is 0 Å². The molecule has 0 fully saturated rings. The second-order valence-electron chi connectivity index (χ2n) is 4.02. The lowest BCUT2D eigenvalue weighted by molar-refractivity contribution is 0.122. The second-order valence-corrected chi connectivity index (χ2v) is 4.02. The lowest BCUT2D eigenvalue weighted by atomic mass is 10.1. The summed E-state index contributed by atoms with van der Waals surface area (Å²) >= 11 is 0. The number of aromatic nitrogens is 2. The van der Waals surface area contributed by atoms with E-state index in [9.17, 15) is 0 Å². The van der Waals surface area contributed by atoms with Gasteiger partial charge in [0.25, 0.3) is 0 Å². The Morgan fingerprint density at radius 1 is 1.50 bits per heavy atom. The van der Waals surface area contributed by atoms with Gasteiger partial charge < -0.3 is 10.1 Å². The van der Waals surface area contributed by atoms with Crippen LogP contribution in [0.5, 0.6) is 0 Å². The SMILES string of the molecule is CCNC(COCC)Cc1cc(C)nn1C. The van der Waals surface area contributed by atoms with Crippen molar-refractivity contribution in [3.63, 3.8) is 0 Å². The minimum atomic E-state index is 0.375. The molecule has 0 aliphatic heterocycles. The molecular weight excluding hydrogens is 202 g/mol. The molecule has 1 aromatic heterocycles. The maximum atomic E-state index is 5.47. The molecule has 0 aromatic carbocycles. The highest BCUT2D eigenvalue weighted by Gasteiger charge is 2.11. The van der Waals surface area contributed by atoms with Gasteiger partial charge in [-0.2, -0.15) is 5.10 Å². The second kappa shape index (κ2) is 6.66. The van der Waals surface area contributed by atoms with Crippen molar-refractivity contribution >= 4 is 0 Å². The zero-order chi connectivity index (χ0) is 12.0.